The minimum atomic E-state index is -1.24. The molecule has 0 bridgehead atoms. The number of hydrogen-bond acceptors (Lipinski definition) is 3. The van der Waals surface area contributed by atoms with Crippen LogP contribution in [-0.4, -0.2) is 27.9 Å². The Bertz CT molecular complexity index is 1200. The molecule has 3 aromatic carbocycles. The molecule has 3 aromatic rings. The van der Waals surface area contributed by atoms with Crippen LogP contribution in [0.5, 0.6) is 5.75 Å². The quantitative estimate of drug-likeness (QED) is 0.514. The number of rotatable bonds is 7. The van der Waals surface area contributed by atoms with Gasteiger partial charge in [0.25, 0.3) is 0 Å². The molecule has 0 radical (unpaired) electrons. The van der Waals surface area contributed by atoms with Crippen molar-refractivity contribution in [2.75, 3.05) is 0 Å². The van der Waals surface area contributed by atoms with E-state index in [1.807, 2.05) is 18.2 Å². The third kappa shape index (κ3) is 5.00. The smallest absolute Gasteiger partial charge is 0.326 e. The lowest BCUT2D eigenvalue weighted by Gasteiger charge is -2.22. The van der Waals surface area contributed by atoms with Crippen molar-refractivity contribution in [2.24, 2.45) is 0 Å². The Morgan fingerprint density at radius 1 is 0.970 bits per heavy atom. The molecule has 5 nitrogen and oxygen atoms in total. The second kappa shape index (κ2) is 9.36. The highest BCUT2D eigenvalue weighted by atomic mass is 19.2. The molecule has 4 rings (SSSR count). The van der Waals surface area contributed by atoms with Crippen LogP contribution in [-0.2, 0) is 22.7 Å². The first-order chi connectivity index (χ1) is 15.8. The molecule has 0 spiro atoms. The number of halogens is 3. The number of aliphatic carboxylic acids is 1. The van der Waals surface area contributed by atoms with Crippen molar-refractivity contribution in [3.05, 3.63) is 89.2 Å². The van der Waals surface area contributed by atoms with Gasteiger partial charge in [0.15, 0.2) is 11.6 Å². The fourth-order valence-corrected chi connectivity index (χ4v) is 3.84. The summed E-state index contributed by atoms with van der Waals surface area (Å²) >= 11 is 0. The van der Waals surface area contributed by atoms with Gasteiger partial charge in [0.05, 0.1) is 0 Å². The van der Waals surface area contributed by atoms with E-state index in [2.05, 4.69) is 0 Å². The van der Waals surface area contributed by atoms with Gasteiger partial charge in [0.2, 0.25) is 5.91 Å². The molecule has 1 atom stereocenters. The van der Waals surface area contributed by atoms with E-state index in [1.54, 1.807) is 30.3 Å². The summed E-state index contributed by atoms with van der Waals surface area (Å²) in [4.78, 5) is 24.8. The molecule has 1 aliphatic heterocycles. The Labute approximate surface area is 188 Å². The minimum absolute atomic E-state index is 0.0516. The Morgan fingerprint density at radius 3 is 2.39 bits per heavy atom. The molecule has 1 saturated heterocycles. The van der Waals surface area contributed by atoms with Crippen molar-refractivity contribution in [3.8, 4) is 16.9 Å². The van der Waals surface area contributed by atoms with E-state index >= 15 is 0 Å². The van der Waals surface area contributed by atoms with E-state index in [0.29, 0.717) is 23.8 Å². The summed E-state index contributed by atoms with van der Waals surface area (Å²) in [6, 6.07) is 14.1. The molecule has 1 fully saturated rings. The highest BCUT2D eigenvalue weighted by Gasteiger charge is 2.35. The molecular formula is C25H20F3NO4. The predicted molar refractivity (Wildman–Crippen MR) is 114 cm³/mol. The van der Waals surface area contributed by atoms with Crippen LogP contribution >= 0.6 is 0 Å². The molecule has 0 aromatic heterocycles. The van der Waals surface area contributed by atoms with Gasteiger partial charge < -0.3 is 14.7 Å². The summed E-state index contributed by atoms with van der Waals surface area (Å²) in [5.74, 6) is -3.93. The second-order valence-electron chi connectivity index (χ2n) is 7.79. The van der Waals surface area contributed by atoms with Crippen molar-refractivity contribution >= 4 is 11.9 Å². The molecule has 170 valence electrons. The zero-order chi connectivity index (χ0) is 23.5. The zero-order valence-electron chi connectivity index (χ0n) is 17.4. The van der Waals surface area contributed by atoms with Gasteiger partial charge in [-0.15, -0.1) is 0 Å². The first kappa shape index (κ1) is 22.4. The fourth-order valence-electron chi connectivity index (χ4n) is 3.84. The van der Waals surface area contributed by atoms with Gasteiger partial charge in [-0.3, -0.25) is 4.79 Å². The van der Waals surface area contributed by atoms with Crippen LogP contribution in [0.25, 0.3) is 11.1 Å². The topological polar surface area (TPSA) is 66.8 Å². The molecule has 8 heteroatoms. The van der Waals surface area contributed by atoms with Crippen LogP contribution in [0.1, 0.15) is 24.0 Å². The van der Waals surface area contributed by atoms with Crippen molar-refractivity contribution in [3.63, 3.8) is 0 Å². The maximum atomic E-state index is 14.0. The van der Waals surface area contributed by atoms with Gasteiger partial charge in [0, 0.05) is 24.6 Å². The van der Waals surface area contributed by atoms with Crippen LogP contribution in [0.2, 0.25) is 0 Å². The minimum Gasteiger partial charge on any atom is -0.489 e. The van der Waals surface area contributed by atoms with Gasteiger partial charge in [-0.05, 0) is 41.3 Å². The maximum Gasteiger partial charge on any atom is 0.326 e. The normalized spacial score (nSPS) is 15.7. The van der Waals surface area contributed by atoms with Crippen molar-refractivity contribution in [2.45, 2.75) is 32.0 Å². The molecule has 1 heterocycles. The van der Waals surface area contributed by atoms with Crippen molar-refractivity contribution in [1.82, 2.24) is 4.90 Å². The van der Waals surface area contributed by atoms with Gasteiger partial charge in [-0.2, -0.15) is 0 Å². The van der Waals surface area contributed by atoms with Gasteiger partial charge in [-0.1, -0.05) is 36.4 Å². The molecule has 1 amide bonds. The van der Waals surface area contributed by atoms with E-state index < -0.39 is 29.5 Å². The van der Waals surface area contributed by atoms with Crippen molar-refractivity contribution < 1.29 is 32.6 Å². The average molecular weight is 455 g/mol. The van der Waals surface area contributed by atoms with E-state index in [9.17, 15) is 27.9 Å². The number of nitrogens with zero attached hydrogens (tertiary/aromatic N) is 1. The number of carbonyl (C=O) groups is 2. The van der Waals surface area contributed by atoms with Crippen molar-refractivity contribution in [1.29, 1.82) is 0 Å². The number of benzene rings is 3. The van der Waals surface area contributed by atoms with Crippen LogP contribution < -0.4 is 4.74 Å². The summed E-state index contributed by atoms with van der Waals surface area (Å²) in [6.45, 7) is 0.418. The molecule has 1 aliphatic rings. The first-order valence-electron chi connectivity index (χ1n) is 10.3. The number of amides is 1. The predicted octanol–water partition coefficient (Wildman–Crippen LogP) is 4.93. The Balaban J connectivity index is 1.41. The third-order valence-corrected chi connectivity index (χ3v) is 5.54. The number of carbonyl (C=O) groups excluding carboxylic acids is 1. The Morgan fingerprint density at radius 2 is 1.67 bits per heavy atom. The third-order valence-electron chi connectivity index (χ3n) is 5.54. The lowest BCUT2D eigenvalue weighted by Crippen LogP contribution is -2.37. The molecule has 0 saturated carbocycles. The Kier molecular flexibility index (Phi) is 6.35. The number of carboxylic acids is 1. The molecule has 33 heavy (non-hydrogen) atoms. The van der Waals surface area contributed by atoms with Crippen LogP contribution in [0.3, 0.4) is 0 Å². The SMILES string of the molecule is O=C(O)[C@@H]1CCC(=O)N1Cc1cccc(COc2ccc(-c3cc(F)c(F)cc3F)cc2)c1. The molecule has 0 unspecified atom stereocenters. The van der Waals surface area contributed by atoms with Gasteiger partial charge >= 0.3 is 5.97 Å². The Hall–Kier alpha value is -3.81. The van der Waals surface area contributed by atoms with E-state index in [-0.39, 0.29) is 31.0 Å². The summed E-state index contributed by atoms with van der Waals surface area (Å²) in [7, 11) is 0. The summed E-state index contributed by atoms with van der Waals surface area (Å²) in [5, 5.41) is 9.31. The summed E-state index contributed by atoms with van der Waals surface area (Å²) in [6.07, 6.45) is 0.533. The van der Waals surface area contributed by atoms with Gasteiger partial charge in [0.1, 0.15) is 24.2 Å². The molecular weight excluding hydrogens is 435 g/mol. The number of likely N-dealkylation sites (tertiary alicyclic amines) is 1. The lowest BCUT2D eigenvalue weighted by atomic mass is 10.0. The van der Waals surface area contributed by atoms with E-state index in [4.69, 9.17) is 4.74 Å². The molecule has 1 N–H and O–H groups in total. The highest BCUT2D eigenvalue weighted by molar-refractivity contribution is 5.87. The first-order valence-corrected chi connectivity index (χ1v) is 10.3. The van der Waals surface area contributed by atoms with E-state index in [1.165, 1.54) is 4.90 Å². The van der Waals surface area contributed by atoms with Crippen LogP contribution in [0.15, 0.2) is 60.7 Å². The maximum absolute atomic E-state index is 14.0. The zero-order valence-corrected chi connectivity index (χ0v) is 17.4. The van der Waals surface area contributed by atoms with E-state index in [0.717, 1.165) is 17.2 Å². The largest absolute Gasteiger partial charge is 0.489 e. The number of carboxylic acid groups (broad SMARTS) is 1. The fraction of sp³-hybridized carbons (Fsp3) is 0.200. The molecule has 0 aliphatic carbocycles. The summed E-state index contributed by atoms with van der Waals surface area (Å²) in [5.41, 5.74) is 1.94. The number of hydrogen-bond donors (Lipinski definition) is 1. The van der Waals surface area contributed by atoms with Gasteiger partial charge in [-0.25, -0.2) is 18.0 Å². The monoisotopic (exact) mass is 455 g/mol. The standard InChI is InChI=1S/C25H20F3NO4/c26-20-12-22(28)21(27)11-19(20)17-4-6-18(7-5-17)33-14-16-3-1-2-15(10-16)13-29-23(25(31)32)8-9-24(29)30/h1-7,10-12,23H,8-9,13-14H2,(H,31,32)/t23-/m0/s1. The number of ether oxygens (including phenoxy) is 1. The summed E-state index contributed by atoms with van der Waals surface area (Å²) < 4.78 is 46.3. The average Bonchev–Trinajstić information content (AvgIpc) is 3.16. The van der Waals surface area contributed by atoms with Crippen LogP contribution in [0.4, 0.5) is 13.2 Å². The van der Waals surface area contributed by atoms with Crippen LogP contribution in [0, 0.1) is 17.5 Å². The highest BCUT2D eigenvalue weighted by Crippen LogP contribution is 2.27. The second-order valence-corrected chi connectivity index (χ2v) is 7.79. The lowest BCUT2D eigenvalue weighted by molar-refractivity contribution is -0.146.